The summed E-state index contributed by atoms with van der Waals surface area (Å²) in [4.78, 5) is 22.9. The molecule has 2 rings (SSSR count). The first-order valence-corrected chi connectivity index (χ1v) is 8.16. The number of benzene rings is 1. The molecule has 1 amide bonds. The maximum absolute atomic E-state index is 12.3. The minimum atomic E-state index is -0.324. The molecule has 0 radical (unpaired) electrons. The second kappa shape index (κ2) is 8.98. The fourth-order valence-electron chi connectivity index (χ4n) is 2.25. The Morgan fingerprint density at radius 1 is 1.24 bits per heavy atom. The van der Waals surface area contributed by atoms with Gasteiger partial charge in [0.2, 0.25) is 0 Å². The van der Waals surface area contributed by atoms with E-state index in [1.54, 1.807) is 13.3 Å². The number of rotatable bonds is 8. The molecular weight excluding hydrogens is 318 g/mol. The van der Waals surface area contributed by atoms with Crippen molar-refractivity contribution in [1.82, 2.24) is 14.9 Å². The summed E-state index contributed by atoms with van der Waals surface area (Å²) in [5.41, 5.74) is 1.89. The zero-order valence-corrected chi connectivity index (χ0v) is 15.2. The number of aromatic nitrogens is 2. The second-order valence-electron chi connectivity index (χ2n) is 6.03. The molecule has 0 fully saturated rings. The summed E-state index contributed by atoms with van der Waals surface area (Å²) < 4.78 is 5.26. The van der Waals surface area contributed by atoms with Crippen LogP contribution in [0, 0.1) is 6.92 Å². The number of aryl methyl sites for hydroxylation is 1. The van der Waals surface area contributed by atoms with Gasteiger partial charge in [-0.2, -0.15) is 0 Å². The minimum absolute atomic E-state index is 0.252. The van der Waals surface area contributed by atoms with Crippen LogP contribution in [-0.2, 0) is 0 Å². The summed E-state index contributed by atoms with van der Waals surface area (Å²) in [5, 5.41) is 6.00. The Kier molecular flexibility index (Phi) is 6.71. The molecule has 1 aromatic carbocycles. The Labute approximate surface area is 148 Å². The summed E-state index contributed by atoms with van der Waals surface area (Å²) in [6.07, 6.45) is 4.04. The molecule has 2 aromatic rings. The van der Waals surface area contributed by atoms with E-state index in [9.17, 15) is 4.79 Å². The van der Waals surface area contributed by atoms with Crippen molar-refractivity contribution >= 4 is 17.4 Å². The molecule has 7 nitrogen and oxygen atoms in total. The van der Waals surface area contributed by atoms with Gasteiger partial charge in [-0.25, -0.2) is 9.97 Å². The third-order valence-electron chi connectivity index (χ3n) is 3.58. The molecule has 25 heavy (non-hydrogen) atoms. The number of carbonyl (C=O) groups excluding carboxylic acids is 1. The Balaban J connectivity index is 1.95. The predicted molar refractivity (Wildman–Crippen MR) is 99.4 cm³/mol. The van der Waals surface area contributed by atoms with Crippen LogP contribution in [0.4, 0.5) is 11.5 Å². The molecule has 134 valence electrons. The summed E-state index contributed by atoms with van der Waals surface area (Å²) >= 11 is 0. The number of hydrogen-bond donors (Lipinski definition) is 2. The van der Waals surface area contributed by atoms with Gasteiger partial charge in [0.1, 0.15) is 17.3 Å². The van der Waals surface area contributed by atoms with Crippen molar-refractivity contribution < 1.29 is 9.53 Å². The molecule has 1 heterocycles. The second-order valence-corrected chi connectivity index (χ2v) is 6.03. The van der Waals surface area contributed by atoms with E-state index in [4.69, 9.17) is 4.74 Å². The predicted octanol–water partition coefficient (Wildman–Crippen LogP) is 2.41. The molecule has 1 aromatic heterocycles. The summed E-state index contributed by atoms with van der Waals surface area (Å²) in [5.74, 6) is 0.935. The number of hydrogen-bond acceptors (Lipinski definition) is 6. The minimum Gasteiger partial charge on any atom is -0.495 e. The third-order valence-corrected chi connectivity index (χ3v) is 3.58. The van der Waals surface area contributed by atoms with Crippen LogP contribution in [-0.4, -0.2) is 55.1 Å². The van der Waals surface area contributed by atoms with E-state index in [2.05, 4.69) is 25.5 Å². The van der Waals surface area contributed by atoms with Gasteiger partial charge in [0.25, 0.3) is 5.91 Å². The van der Waals surface area contributed by atoms with Crippen LogP contribution in [0.25, 0.3) is 0 Å². The topological polar surface area (TPSA) is 79.4 Å². The molecule has 0 aliphatic carbocycles. The lowest BCUT2D eigenvalue weighted by molar-refractivity contribution is 0.102. The SMILES string of the molecule is COc1ccc(C)cc1NC(=O)c1cnc(NCCCN(C)C)cn1. The van der Waals surface area contributed by atoms with Gasteiger partial charge in [0.15, 0.2) is 0 Å². The van der Waals surface area contributed by atoms with Crippen LogP contribution in [0.5, 0.6) is 5.75 Å². The smallest absolute Gasteiger partial charge is 0.275 e. The van der Waals surface area contributed by atoms with Crippen molar-refractivity contribution in [2.75, 3.05) is 44.9 Å². The Morgan fingerprint density at radius 3 is 2.68 bits per heavy atom. The van der Waals surface area contributed by atoms with E-state index >= 15 is 0 Å². The van der Waals surface area contributed by atoms with E-state index in [1.165, 1.54) is 6.20 Å². The molecule has 0 bridgehead atoms. The van der Waals surface area contributed by atoms with Crippen molar-refractivity contribution in [2.24, 2.45) is 0 Å². The van der Waals surface area contributed by atoms with Crippen molar-refractivity contribution in [3.05, 3.63) is 41.9 Å². The van der Waals surface area contributed by atoms with Crippen molar-refractivity contribution in [2.45, 2.75) is 13.3 Å². The third kappa shape index (κ3) is 5.72. The number of nitrogens with one attached hydrogen (secondary N) is 2. The van der Waals surface area contributed by atoms with Crippen molar-refractivity contribution in [1.29, 1.82) is 0 Å². The van der Waals surface area contributed by atoms with Crippen LogP contribution >= 0.6 is 0 Å². The molecule has 0 spiro atoms. The zero-order valence-electron chi connectivity index (χ0n) is 15.2. The van der Waals surface area contributed by atoms with Gasteiger partial charge in [-0.05, 0) is 51.7 Å². The molecule has 0 saturated heterocycles. The van der Waals surface area contributed by atoms with Gasteiger partial charge < -0.3 is 20.3 Å². The highest BCUT2D eigenvalue weighted by molar-refractivity contribution is 6.03. The molecule has 2 N–H and O–H groups in total. The Hall–Kier alpha value is -2.67. The normalized spacial score (nSPS) is 10.6. The van der Waals surface area contributed by atoms with Crippen LogP contribution in [0.2, 0.25) is 0 Å². The molecule has 0 aliphatic heterocycles. The highest BCUT2D eigenvalue weighted by Gasteiger charge is 2.12. The number of nitrogens with zero attached hydrogens (tertiary/aromatic N) is 3. The van der Waals surface area contributed by atoms with Gasteiger partial charge in [-0.3, -0.25) is 4.79 Å². The van der Waals surface area contributed by atoms with Gasteiger partial charge >= 0.3 is 0 Å². The standard InChI is InChI=1S/C18H25N5O2/c1-13-6-7-16(25-4)14(10-13)22-18(24)15-11-21-17(12-20-15)19-8-5-9-23(2)3/h6-7,10-12H,5,8-9H2,1-4H3,(H,19,21)(H,22,24). The van der Waals surface area contributed by atoms with Crippen molar-refractivity contribution in [3.63, 3.8) is 0 Å². The number of ether oxygens (including phenoxy) is 1. The number of anilines is 2. The van der Waals surface area contributed by atoms with Gasteiger partial charge in [0.05, 0.1) is 25.2 Å². The zero-order chi connectivity index (χ0) is 18.2. The lowest BCUT2D eigenvalue weighted by Gasteiger charge is -2.11. The number of amides is 1. The van der Waals surface area contributed by atoms with Crippen LogP contribution in [0.1, 0.15) is 22.5 Å². The van der Waals surface area contributed by atoms with E-state index in [0.717, 1.165) is 25.1 Å². The first-order valence-electron chi connectivity index (χ1n) is 8.16. The van der Waals surface area contributed by atoms with Crippen LogP contribution < -0.4 is 15.4 Å². The maximum Gasteiger partial charge on any atom is 0.275 e. The lowest BCUT2D eigenvalue weighted by atomic mass is 10.2. The fourth-order valence-corrected chi connectivity index (χ4v) is 2.25. The Bertz CT molecular complexity index is 701. The average Bonchev–Trinajstić information content (AvgIpc) is 2.59. The average molecular weight is 343 g/mol. The van der Waals surface area contributed by atoms with Gasteiger partial charge in [-0.1, -0.05) is 6.07 Å². The summed E-state index contributed by atoms with van der Waals surface area (Å²) in [7, 11) is 5.64. The number of methoxy groups -OCH3 is 1. The summed E-state index contributed by atoms with van der Waals surface area (Å²) in [6.45, 7) is 3.75. The van der Waals surface area contributed by atoms with Crippen LogP contribution in [0.15, 0.2) is 30.6 Å². The van der Waals surface area contributed by atoms with E-state index < -0.39 is 0 Å². The highest BCUT2D eigenvalue weighted by atomic mass is 16.5. The van der Waals surface area contributed by atoms with E-state index in [1.807, 2.05) is 39.2 Å². The van der Waals surface area contributed by atoms with Crippen LogP contribution in [0.3, 0.4) is 0 Å². The molecule has 0 unspecified atom stereocenters. The highest BCUT2D eigenvalue weighted by Crippen LogP contribution is 2.25. The maximum atomic E-state index is 12.3. The number of carbonyl (C=O) groups is 1. The van der Waals surface area contributed by atoms with Gasteiger partial charge in [-0.15, -0.1) is 0 Å². The van der Waals surface area contributed by atoms with Gasteiger partial charge in [0, 0.05) is 6.54 Å². The summed E-state index contributed by atoms with van der Waals surface area (Å²) in [6, 6.07) is 5.59. The molecule has 0 saturated carbocycles. The Morgan fingerprint density at radius 2 is 2.04 bits per heavy atom. The molecule has 7 heteroatoms. The van der Waals surface area contributed by atoms with Crippen molar-refractivity contribution in [3.8, 4) is 5.75 Å². The molecule has 0 aliphatic rings. The molecule has 0 atom stereocenters. The fraction of sp³-hybridized carbons (Fsp3) is 0.389. The first-order chi connectivity index (χ1) is 12.0. The monoisotopic (exact) mass is 343 g/mol. The largest absolute Gasteiger partial charge is 0.495 e. The lowest BCUT2D eigenvalue weighted by Crippen LogP contribution is -2.17. The molecular formula is C18H25N5O2. The quantitative estimate of drug-likeness (QED) is 0.717. The first kappa shape index (κ1) is 18.7. The van der Waals surface area contributed by atoms with E-state index in [-0.39, 0.29) is 11.6 Å². The van der Waals surface area contributed by atoms with E-state index in [0.29, 0.717) is 17.3 Å².